The van der Waals surface area contributed by atoms with Gasteiger partial charge in [0, 0.05) is 17.9 Å². The van der Waals surface area contributed by atoms with E-state index in [1.165, 1.54) is 0 Å². The van der Waals surface area contributed by atoms with E-state index in [1.807, 2.05) is 31.2 Å². The standard InChI is InChI=1S/C15H21N3O2/c1-5-19-12(15(2,3)4)13-17-14(20-18-13)10-7-6-8-11(16)9-10/h6-9,12H,5,16H2,1-4H3. The molecule has 2 aromatic rings. The highest BCUT2D eigenvalue weighted by Gasteiger charge is 2.31. The Hall–Kier alpha value is -1.88. The maximum absolute atomic E-state index is 5.76. The van der Waals surface area contributed by atoms with Gasteiger partial charge in [0.05, 0.1) is 0 Å². The van der Waals surface area contributed by atoms with Crippen molar-refractivity contribution in [3.8, 4) is 11.5 Å². The van der Waals surface area contributed by atoms with Crippen LogP contribution >= 0.6 is 0 Å². The molecule has 1 aromatic heterocycles. The van der Waals surface area contributed by atoms with E-state index in [9.17, 15) is 0 Å². The molecule has 0 bridgehead atoms. The first-order chi connectivity index (χ1) is 9.41. The fourth-order valence-corrected chi connectivity index (χ4v) is 2.01. The first-order valence-electron chi connectivity index (χ1n) is 6.73. The Bertz CT molecular complexity index is 572. The summed E-state index contributed by atoms with van der Waals surface area (Å²) in [4.78, 5) is 4.45. The average molecular weight is 275 g/mol. The summed E-state index contributed by atoms with van der Waals surface area (Å²) in [5.74, 6) is 1.03. The van der Waals surface area contributed by atoms with Crippen molar-refractivity contribution >= 4 is 5.69 Å². The lowest BCUT2D eigenvalue weighted by Crippen LogP contribution is -2.22. The molecule has 0 radical (unpaired) electrons. The zero-order chi connectivity index (χ0) is 14.8. The molecular formula is C15H21N3O2. The molecular weight excluding hydrogens is 254 g/mol. The zero-order valence-electron chi connectivity index (χ0n) is 12.4. The number of aromatic nitrogens is 2. The first kappa shape index (κ1) is 14.5. The van der Waals surface area contributed by atoms with E-state index >= 15 is 0 Å². The maximum Gasteiger partial charge on any atom is 0.258 e. The first-order valence-corrected chi connectivity index (χ1v) is 6.73. The Morgan fingerprint density at radius 2 is 2.10 bits per heavy atom. The third kappa shape index (κ3) is 3.17. The van der Waals surface area contributed by atoms with Gasteiger partial charge in [-0.25, -0.2) is 0 Å². The molecule has 108 valence electrons. The molecule has 0 fully saturated rings. The number of rotatable bonds is 4. The molecule has 1 heterocycles. The van der Waals surface area contributed by atoms with Crippen molar-refractivity contribution in [2.45, 2.75) is 33.8 Å². The van der Waals surface area contributed by atoms with Gasteiger partial charge in [-0.2, -0.15) is 4.98 Å². The zero-order valence-corrected chi connectivity index (χ0v) is 12.4. The third-order valence-corrected chi connectivity index (χ3v) is 2.93. The van der Waals surface area contributed by atoms with Crippen LogP contribution in [0, 0.1) is 5.41 Å². The fraction of sp³-hybridized carbons (Fsp3) is 0.467. The summed E-state index contributed by atoms with van der Waals surface area (Å²) < 4.78 is 11.1. The molecule has 0 amide bonds. The molecule has 2 rings (SSSR count). The summed E-state index contributed by atoms with van der Waals surface area (Å²) in [5, 5.41) is 4.06. The van der Waals surface area contributed by atoms with E-state index < -0.39 is 0 Å². The second-order valence-electron chi connectivity index (χ2n) is 5.78. The normalized spacial score (nSPS) is 13.4. The van der Waals surface area contributed by atoms with Crippen molar-refractivity contribution in [2.24, 2.45) is 5.41 Å². The van der Waals surface area contributed by atoms with Crippen molar-refractivity contribution in [3.63, 3.8) is 0 Å². The highest BCUT2D eigenvalue weighted by molar-refractivity contribution is 5.59. The number of nitrogens with two attached hydrogens (primary N) is 1. The lowest BCUT2D eigenvalue weighted by Gasteiger charge is -2.27. The van der Waals surface area contributed by atoms with Crippen LogP contribution in [0.5, 0.6) is 0 Å². The van der Waals surface area contributed by atoms with Gasteiger partial charge in [-0.15, -0.1) is 0 Å². The molecule has 2 N–H and O–H groups in total. The Morgan fingerprint density at radius 3 is 2.70 bits per heavy atom. The number of nitrogens with zero attached hydrogens (tertiary/aromatic N) is 2. The van der Waals surface area contributed by atoms with E-state index in [-0.39, 0.29) is 11.5 Å². The summed E-state index contributed by atoms with van der Waals surface area (Å²) in [5.41, 5.74) is 7.14. The molecule has 20 heavy (non-hydrogen) atoms. The van der Waals surface area contributed by atoms with E-state index in [0.29, 0.717) is 24.0 Å². The van der Waals surface area contributed by atoms with Gasteiger partial charge in [0.1, 0.15) is 6.10 Å². The number of benzene rings is 1. The molecule has 5 nitrogen and oxygen atoms in total. The molecule has 0 aliphatic heterocycles. The molecule has 0 saturated carbocycles. The van der Waals surface area contributed by atoms with Crippen molar-refractivity contribution < 1.29 is 9.26 Å². The molecule has 1 unspecified atom stereocenters. The van der Waals surface area contributed by atoms with Gasteiger partial charge in [0.25, 0.3) is 5.89 Å². The summed E-state index contributed by atoms with van der Waals surface area (Å²) in [6.07, 6.45) is -0.203. The second-order valence-corrected chi connectivity index (χ2v) is 5.78. The van der Waals surface area contributed by atoms with Crippen LogP contribution < -0.4 is 5.73 Å². The SMILES string of the molecule is CCOC(c1noc(-c2cccc(N)c2)n1)C(C)(C)C. The van der Waals surface area contributed by atoms with E-state index in [1.54, 1.807) is 0 Å². The van der Waals surface area contributed by atoms with Crippen LogP contribution in [0.3, 0.4) is 0 Å². The van der Waals surface area contributed by atoms with Gasteiger partial charge in [-0.05, 0) is 30.5 Å². The van der Waals surface area contributed by atoms with Gasteiger partial charge in [-0.1, -0.05) is 32.0 Å². The van der Waals surface area contributed by atoms with Gasteiger partial charge in [-0.3, -0.25) is 0 Å². The van der Waals surface area contributed by atoms with E-state index in [2.05, 4.69) is 30.9 Å². The Labute approximate surface area is 119 Å². The Morgan fingerprint density at radius 1 is 1.35 bits per heavy atom. The lowest BCUT2D eigenvalue weighted by molar-refractivity contribution is -0.0203. The molecule has 0 saturated heterocycles. The molecule has 0 aliphatic rings. The number of ether oxygens (including phenoxy) is 1. The van der Waals surface area contributed by atoms with Crippen LogP contribution in [0.25, 0.3) is 11.5 Å². The predicted octanol–water partition coefficient (Wildman–Crippen LogP) is 3.44. The van der Waals surface area contributed by atoms with Gasteiger partial charge in [0.15, 0.2) is 0 Å². The van der Waals surface area contributed by atoms with E-state index in [4.69, 9.17) is 15.0 Å². The van der Waals surface area contributed by atoms with Crippen LogP contribution in [0.4, 0.5) is 5.69 Å². The van der Waals surface area contributed by atoms with Crippen LogP contribution in [0.2, 0.25) is 0 Å². The molecule has 1 aromatic carbocycles. The van der Waals surface area contributed by atoms with Crippen molar-refractivity contribution in [1.82, 2.24) is 10.1 Å². The van der Waals surface area contributed by atoms with Crippen LogP contribution in [-0.2, 0) is 4.74 Å². The van der Waals surface area contributed by atoms with Gasteiger partial charge in [0.2, 0.25) is 5.82 Å². The average Bonchev–Trinajstić information content (AvgIpc) is 2.83. The third-order valence-electron chi connectivity index (χ3n) is 2.93. The summed E-state index contributed by atoms with van der Waals surface area (Å²) >= 11 is 0. The van der Waals surface area contributed by atoms with Gasteiger partial charge < -0.3 is 15.0 Å². The monoisotopic (exact) mass is 275 g/mol. The minimum atomic E-state index is -0.203. The number of nitrogen functional groups attached to an aromatic ring is 1. The molecule has 0 aliphatic carbocycles. The number of hydrogen-bond acceptors (Lipinski definition) is 5. The van der Waals surface area contributed by atoms with Gasteiger partial charge >= 0.3 is 0 Å². The fourth-order valence-electron chi connectivity index (χ4n) is 2.01. The number of hydrogen-bond donors (Lipinski definition) is 1. The number of anilines is 1. The van der Waals surface area contributed by atoms with Crippen molar-refractivity contribution in [2.75, 3.05) is 12.3 Å². The molecule has 1 atom stereocenters. The Balaban J connectivity index is 2.32. The van der Waals surface area contributed by atoms with Crippen LogP contribution in [-0.4, -0.2) is 16.7 Å². The lowest BCUT2D eigenvalue weighted by atomic mass is 9.88. The van der Waals surface area contributed by atoms with Crippen LogP contribution in [0.1, 0.15) is 39.6 Å². The topological polar surface area (TPSA) is 74.2 Å². The highest BCUT2D eigenvalue weighted by Crippen LogP contribution is 2.35. The van der Waals surface area contributed by atoms with Crippen molar-refractivity contribution in [3.05, 3.63) is 30.1 Å². The molecule has 5 heteroatoms. The van der Waals surface area contributed by atoms with Crippen LogP contribution in [0.15, 0.2) is 28.8 Å². The van der Waals surface area contributed by atoms with Crippen molar-refractivity contribution in [1.29, 1.82) is 0 Å². The van der Waals surface area contributed by atoms with E-state index in [0.717, 1.165) is 5.56 Å². The smallest absolute Gasteiger partial charge is 0.258 e. The molecule has 0 spiro atoms. The second kappa shape index (κ2) is 5.63. The summed E-state index contributed by atoms with van der Waals surface area (Å²) in [6, 6.07) is 7.38. The quantitative estimate of drug-likeness (QED) is 0.865. The highest BCUT2D eigenvalue weighted by atomic mass is 16.5. The summed E-state index contributed by atoms with van der Waals surface area (Å²) in [6.45, 7) is 8.82. The maximum atomic E-state index is 5.76. The minimum absolute atomic E-state index is 0.104. The predicted molar refractivity (Wildman–Crippen MR) is 78.0 cm³/mol. The minimum Gasteiger partial charge on any atom is -0.399 e. The largest absolute Gasteiger partial charge is 0.399 e. The Kier molecular flexibility index (Phi) is 4.09. The summed E-state index contributed by atoms with van der Waals surface area (Å²) in [7, 11) is 0.